The summed E-state index contributed by atoms with van der Waals surface area (Å²) >= 11 is 0. The van der Waals surface area contributed by atoms with E-state index in [0.717, 1.165) is 25.3 Å². The quantitative estimate of drug-likeness (QED) is 0.493. The molecule has 3 aliphatic rings. The van der Waals surface area contributed by atoms with E-state index in [2.05, 4.69) is 28.8 Å². The van der Waals surface area contributed by atoms with Crippen LogP contribution in [0.4, 0.5) is 4.79 Å². The largest absolute Gasteiger partial charge is 0.465 e. The van der Waals surface area contributed by atoms with Crippen LogP contribution >= 0.6 is 12.4 Å². The summed E-state index contributed by atoms with van der Waals surface area (Å²) in [4.78, 5) is 10.9. The molecule has 0 spiro atoms. The van der Waals surface area contributed by atoms with Crippen LogP contribution in [0.5, 0.6) is 0 Å². The van der Waals surface area contributed by atoms with Crippen LogP contribution in [0.2, 0.25) is 0 Å². The van der Waals surface area contributed by atoms with Crippen molar-refractivity contribution in [3.8, 4) is 0 Å². The van der Waals surface area contributed by atoms with Gasteiger partial charge in [0.05, 0.1) is 0 Å². The molecule has 0 bridgehead atoms. The van der Waals surface area contributed by atoms with Crippen LogP contribution in [0.3, 0.4) is 0 Å². The summed E-state index contributed by atoms with van der Waals surface area (Å²) in [6.45, 7) is 1.73. The zero-order chi connectivity index (χ0) is 20.1. The average molecular weight is 435 g/mol. The van der Waals surface area contributed by atoms with Gasteiger partial charge in [-0.05, 0) is 73.6 Å². The van der Waals surface area contributed by atoms with Gasteiger partial charge in [-0.15, -0.1) is 12.4 Å². The molecule has 2 fully saturated rings. The standard InChI is InChI=1S/C25H38N2O2.ClH/c28-25(29)27-15-13-19(10-9-18-5-2-1-3-6-18)17-20-7-4-8-22-21(20)11-12-24-23(22)14-16-26-24;/h4,7-8,18-19,23-24,26-27H,1-3,5-6,9-17H2,(H,28,29);1H/t19?,23-,24+;/m1./s1. The third-order valence-corrected chi connectivity index (χ3v) is 7.81. The first-order valence-electron chi connectivity index (χ1n) is 12.0. The van der Waals surface area contributed by atoms with Crippen LogP contribution in [-0.2, 0) is 12.8 Å². The predicted molar refractivity (Wildman–Crippen MR) is 125 cm³/mol. The second-order valence-corrected chi connectivity index (χ2v) is 9.65. The molecular weight excluding hydrogens is 396 g/mol. The van der Waals surface area contributed by atoms with Crippen molar-refractivity contribution in [2.24, 2.45) is 11.8 Å². The van der Waals surface area contributed by atoms with Gasteiger partial charge in [-0.2, -0.15) is 0 Å². The molecule has 1 aliphatic heterocycles. The maximum Gasteiger partial charge on any atom is 0.404 e. The van der Waals surface area contributed by atoms with Crippen LogP contribution in [0.1, 0.15) is 86.8 Å². The van der Waals surface area contributed by atoms with Crippen LogP contribution in [0.25, 0.3) is 0 Å². The van der Waals surface area contributed by atoms with E-state index in [1.807, 2.05) is 0 Å². The molecule has 168 valence electrons. The minimum absolute atomic E-state index is 0. The molecule has 2 aliphatic carbocycles. The lowest BCUT2D eigenvalue weighted by Gasteiger charge is -2.31. The number of nitrogens with one attached hydrogen (secondary N) is 2. The molecule has 1 heterocycles. The summed E-state index contributed by atoms with van der Waals surface area (Å²) in [5.41, 5.74) is 4.75. The predicted octanol–water partition coefficient (Wildman–Crippen LogP) is 5.68. The summed E-state index contributed by atoms with van der Waals surface area (Å²) in [6.07, 6.45) is 14.5. The number of carbonyl (C=O) groups is 1. The van der Waals surface area contributed by atoms with Crippen LogP contribution < -0.4 is 10.6 Å². The molecule has 4 nitrogen and oxygen atoms in total. The number of carboxylic acid groups (broad SMARTS) is 1. The SMILES string of the molecule is Cl.O=C(O)NCCC(CCC1CCCCC1)Cc1cccc2c1CC[C@@H]1NCC[C@H]21. The number of benzene rings is 1. The molecule has 3 N–H and O–H groups in total. The Morgan fingerprint density at radius 3 is 2.77 bits per heavy atom. The van der Waals surface area contributed by atoms with Crippen molar-refractivity contribution >= 4 is 18.5 Å². The molecule has 30 heavy (non-hydrogen) atoms. The van der Waals surface area contributed by atoms with Gasteiger partial charge in [0.15, 0.2) is 0 Å². The third kappa shape index (κ3) is 5.91. The first kappa shape index (κ1) is 23.4. The van der Waals surface area contributed by atoms with E-state index < -0.39 is 6.09 Å². The average Bonchev–Trinajstić information content (AvgIpc) is 3.22. The van der Waals surface area contributed by atoms with Crippen molar-refractivity contribution in [1.29, 1.82) is 0 Å². The molecule has 1 saturated carbocycles. The Kier molecular flexibility index (Phi) is 8.88. The van der Waals surface area contributed by atoms with E-state index in [9.17, 15) is 4.79 Å². The monoisotopic (exact) mass is 434 g/mol. The fourth-order valence-electron chi connectivity index (χ4n) is 6.23. The van der Waals surface area contributed by atoms with Crippen molar-refractivity contribution in [1.82, 2.24) is 10.6 Å². The third-order valence-electron chi connectivity index (χ3n) is 7.81. The van der Waals surface area contributed by atoms with Crippen molar-refractivity contribution in [2.75, 3.05) is 13.1 Å². The van der Waals surface area contributed by atoms with Crippen LogP contribution in [-0.4, -0.2) is 30.3 Å². The highest BCUT2D eigenvalue weighted by molar-refractivity contribution is 5.85. The zero-order valence-corrected chi connectivity index (χ0v) is 19.0. The van der Waals surface area contributed by atoms with E-state index in [1.54, 1.807) is 11.1 Å². The molecule has 1 saturated heterocycles. The summed E-state index contributed by atoms with van der Waals surface area (Å²) in [7, 11) is 0. The molecule has 0 radical (unpaired) electrons. The molecule has 3 atom stereocenters. The fraction of sp³-hybridized carbons (Fsp3) is 0.720. The minimum Gasteiger partial charge on any atom is -0.465 e. The molecular formula is C25H39ClN2O2. The van der Waals surface area contributed by atoms with Gasteiger partial charge in [0.25, 0.3) is 0 Å². The molecule has 1 aromatic carbocycles. The van der Waals surface area contributed by atoms with Gasteiger partial charge in [-0.1, -0.05) is 56.7 Å². The van der Waals surface area contributed by atoms with Gasteiger partial charge < -0.3 is 15.7 Å². The minimum atomic E-state index is -0.895. The number of halogens is 1. The van der Waals surface area contributed by atoms with Crippen LogP contribution in [0.15, 0.2) is 18.2 Å². The number of fused-ring (bicyclic) bond motifs is 3. The van der Waals surface area contributed by atoms with Crippen molar-refractivity contribution in [3.63, 3.8) is 0 Å². The second kappa shape index (κ2) is 11.4. The van der Waals surface area contributed by atoms with Gasteiger partial charge in [-0.25, -0.2) is 4.79 Å². The van der Waals surface area contributed by atoms with E-state index in [1.165, 1.54) is 69.8 Å². The van der Waals surface area contributed by atoms with Crippen molar-refractivity contribution in [3.05, 3.63) is 34.9 Å². The van der Waals surface area contributed by atoms with Gasteiger partial charge in [-0.3, -0.25) is 0 Å². The lowest BCUT2D eigenvalue weighted by Crippen LogP contribution is -2.31. The van der Waals surface area contributed by atoms with E-state index >= 15 is 0 Å². The maximum atomic E-state index is 10.9. The summed E-state index contributed by atoms with van der Waals surface area (Å²) in [6, 6.07) is 7.66. The molecule has 1 aromatic rings. The van der Waals surface area contributed by atoms with Gasteiger partial charge in [0.2, 0.25) is 0 Å². The van der Waals surface area contributed by atoms with E-state index in [0.29, 0.717) is 24.4 Å². The first-order valence-corrected chi connectivity index (χ1v) is 12.0. The highest BCUT2D eigenvalue weighted by Crippen LogP contribution is 2.39. The number of amides is 1. The molecule has 5 heteroatoms. The summed E-state index contributed by atoms with van der Waals surface area (Å²) < 4.78 is 0. The highest BCUT2D eigenvalue weighted by Gasteiger charge is 2.34. The molecule has 0 aromatic heterocycles. The van der Waals surface area contributed by atoms with E-state index in [-0.39, 0.29) is 12.4 Å². The smallest absolute Gasteiger partial charge is 0.404 e. The highest BCUT2D eigenvalue weighted by atomic mass is 35.5. The topological polar surface area (TPSA) is 61.4 Å². The molecule has 1 unspecified atom stereocenters. The maximum absolute atomic E-state index is 10.9. The Bertz CT molecular complexity index is 690. The number of hydrogen-bond donors (Lipinski definition) is 3. The van der Waals surface area contributed by atoms with Gasteiger partial charge >= 0.3 is 6.09 Å². The van der Waals surface area contributed by atoms with Crippen molar-refractivity contribution < 1.29 is 9.90 Å². The van der Waals surface area contributed by atoms with Gasteiger partial charge in [0, 0.05) is 18.5 Å². The molecule has 1 amide bonds. The molecule has 4 rings (SSSR count). The normalized spacial score (nSPS) is 24.4. The Morgan fingerprint density at radius 2 is 1.97 bits per heavy atom. The number of rotatable bonds is 8. The summed E-state index contributed by atoms with van der Waals surface area (Å²) in [5, 5.41) is 15.3. The fourth-order valence-corrected chi connectivity index (χ4v) is 6.23. The Hall–Kier alpha value is -1.26. The lowest BCUT2D eigenvalue weighted by atomic mass is 9.76. The van der Waals surface area contributed by atoms with Crippen LogP contribution in [0, 0.1) is 11.8 Å². The number of hydrogen-bond acceptors (Lipinski definition) is 2. The Labute approximate surface area is 188 Å². The van der Waals surface area contributed by atoms with Crippen molar-refractivity contribution in [2.45, 2.75) is 89.0 Å². The zero-order valence-electron chi connectivity index (χ0n) is 18.2. The Morgan fingerprint density at radius 1 is 1.13 bits per heavy atom. The summed E-state index contributed by atoms with van der Waals surface area (Å²) in [5.74, 6) is 2.18. The lowest BCUT2D eigenvalue weighted by molar-refractivity contribution is 0.193. The second-order valence-electron chi connectivity index (χ2n) is 9.65. The van der Waals surface area contributed by atoms with Gasteiger partial charge in [0.1, 0.15) is 0 Å². The van der Waals surface area contributed by atoms with E-state index in [4.69, 9.17) is 5.11 Å². The Balaban J connectivity index is 0.00000256. The first-order chi connectivity index (χ1) is 14.2.